The molecule has 1 aromatic heterocycles. The Bertz CT molecular complexity index is 460. The minimum Gasteiger partial charge on any atom is -0.464 e. The molecule has 0 aliphatic carbocycles. The van der Waals surface area contributed by atoms with Gasteiger partial charge in [-0.05, 0) is 25.0 Å². The summed E-state index contributed by atoms with van der Waals surface area (Å²) in [6, 6.07) is 3.37. The molecule has 1 aliphatic heterocycles. The van der Waals surface area contributed by atoms with Gasteiger partial charge >= 0.3 is 0 Å². The molecular formula is C11H17NO4S. The molecular weight excluding hydrogens is 242 g/mol. The van der Waals surface area contributed by atoms with Crippen LogP contribution < -0.4 is 5.73 Å². The number of nitrogens with two attached hydrogens (primary N) is 1. The van der Waals surface area contributed by atoms with Gasteiger partial charge in [0, 0.05) is 6.61 Å². The summed E-state index contributed by atoms with van der Waals surface area (Å²) in [6.07, 6.45) is 1.62. The maximum absolute atomic E-state index is 11.9. The molecule has 1 unspecified atom stereocenters. The summed E-state index contributed by atoms with van der Waals surface area (Å²) in [6.45, 7) is 0.948. The molecule has 1 aliphatic rings. The van der Waals surface area contributed by atoms with Gasteiger partial charge in [-0.15, -0.1) is 0 Å². The number of hydrogen-bond donors (Lipinski definition) is 1. The third-order valence-electron chi connectivity index (χ3n) is 2.74. The summed E-state index contributed by atoms with van der Waals surface area (Å²) in [5.74, 6) is 1.05. The van der Waals surface area contributed by atoms with Crippen LogP contribution in [0.25, 0.3) is 0 Å². The Morgan fingerprint density at radius 3 is 2.71 bits per heavy atom. The van der Waals surface area contributed by atoms with Crippen molar-refractivity contribution in [3.05, 3.63) is 23.7 Å². The molecule has 1 fully saturated rings. The predicted molar refractivity (Wildman–Crippen MR) is 63.1 cm³/mol. The van der Waals surface area contributed by atoms with E-state index in [1.165, 1.54) is 0 Å². The molecule has 0 radical (unpaired) electrons. The Balaban J connectivity index is 1.96. The van der Waals surface area contributed by atoms with Gasteiger partial charge in [0.05, 0.1) is 18.4 Å². The Morgan fingerprint density at radius 2 is 2.12 bits per heavy atom. The standard InChI is InChI=1S/C11H17NO4S/c12-6-9-3-4-11(16-9)8-17(13,14)7-10-2-1-5-15-10/h3-4,10H,1-2,5-8,12H2. The van der Waals surface area contributed by atoms with E-state index >= 15 is 0 Å². The quantitative estimate of drug-likeness (QED) is 0.847. The number of furan rings is 1. The third-order valence-corrected chi connectivity index (χ3v) is 4.35. The Morgan fingerprint density at radius 1 is 1.35 bits per heavy atom. The van der Waals surface area contributed by atoms with Crippen LogP contribution in [0.2, 0.25) is 0 Å². The maximum Gasteiger partial charge on any atom is 0.160 e. The Hall–Kier alpha value is -0.850. The van der Waals surface area contributed by atoms with Crippen molar-refractivity contribution in [2.75, 3.05) is 12.4 Å². The average molecular weight is 259 g/mol. The lowest BCUT2D eigenvalue weighted by Gasteiger charge is -2.08. The zero-order valence-electron chi connectivity index (χ0n) is 9.59. The van der Waals surface area contributed by atoms with Crippen LogP contribution >= 0.6 is 0 Å². The van der Waals surface area contributed by atoms with E-state index < -0.39 is 9.84 Å². The highest BCUT2D eigenvalue weighted by Gasteiger charge is 2.24. The van der Waals surface area contributed by atoms with Crippen LogP contribution in [0, 0.1) is 0 Å². The maximum atomic E-state index is 11.9. The van der Waals surface area contributed by atoms with E-state index in [2.05, 4.69) is 0 Å². The van der Waals surface area contributed by atoms with Crippen molar-refractivity contribution in [2.24, 2.45) is 5.73 Å². The normalized spacial score (nSPS) is 20.9. The Kier molecular flexibility index (Phi) is 3.86. The Labute approximate surface area is 101 Å². The molecule has 1 saturated heterocycles. The SMILES string of the molecule is NCc1ccc(CS(=O)(=O)CC2CCCO2)o1. The fourth-order valence-corrected chi connectivity index (χ4v) is 3.48. The lowest BCUT2D eigenvalue weighted by molar-refractivity contribution is 0.127. The predicted octanol–water partition coefficient (Wildman–Crippen LogP) is 0.832. The molecule has 2 N–H and O–H groups in total. The molecule has 17 heavy (non-hydrogen) atoms. The summed E-state index contributed by atoms with van der Waals surface area (Å²) in [5, 5.41) is 0. The fourth-order valence-electron chi connectivity index (χ4n) is 1.94. The molecule has 2 rings (SSSR count). The summed E-state index contributed by atoms with van der Waals surface area (Å²) in [7, 11) is -3.17. The monoisotopic (exact) mass is 259 g/mol. The molecule has 0 bridgehead atoms. The topological polar surface area (TPSA) is 82.5 Å². The van der Waals surface area contributed by atoms with Gasteiger partial charge in [-0.3, -0.25) is 0 Å². The summed E-state index contributed by atoms with van der Waals surface area (Å²) >= 11 is 0. The molecule has 0 saturated carbocycles. The van der Waals surface area contributed by atoms with E-state index in [1.54, 1.807) is 12.1 Å². The van der Waals surface area contributed by atoms with Gasteiger partial charge in [0.15, 0.2) is 9.84 Å². The first-order chi connectivity index (χ1) is 8.09. The van der Waals surface area contributed by atoms with Crippen molar-refractivity contribution in [1.29, 1.82) is 0 Å². The van der Waals surface area contributed by atoms with Crippen LogP contribution in [0.1, 0.15) is 24.4 Å². The number of rotatable bonds is 5. The first kappa shape index (κ1) is 12.6. The second kappa shape index (κ2) is 5.20. The molecule has 6 heteroatoms. The van der Waals surface area contributed by atoms with Gasteiger partial charge in [-0.2, -0.15) is 0 Å². The van der Waals surface area contributed by atoms with Crippen LogP contribution in [-0.2, 0) is 26.9 Å². The van der Waals surface area contributed by atoms with Gasteiger partial charge in [-0.25, -0.2) is 8.42 Å². The first-order valence-electron chi connectivity index (χ1n) is 5.69. The van der Waals surface area contributed by atoms with Crippen molar-refractivity contribution in [2.45, 2.75) is 31.2 Å². The highest BCUT2D eigenvalue weighted by atomic mass is 32.2. The zero-order valence-corrected chi connectivity index (χ0v) is 10.4. The fraction of sp³-hybridized carbons (Fsp3) is 0.636. The molecule has 0 amide bonds. The van der Waals surface area contributed by atoms with E-state index in [9.17, 15) is 8.42 Å². The average Bonchev–Trinajstić information content (AvgIpc) is 2.88. The second-order valence-corrected chi connectivity index (χ2v) is 6.37. The van der Waals surface area contributed by atoms with Crippen molar-refractivity contribution >= 4 is 9.84 Å². The largest absolute Gasteiger partial charge is 0.464 e. The molecule has 1 atom stereocenters. The highest BCUT2D eigenvalue weighted by molar-refractivity contribution is 7.90. The van der Waals surface area contributed by atoms with E-state index in [0.29, 0.717) is 18.1 Å². The molecule has 0 spiro atoms. The van der Waals surface area contributed by atoms with Crippen LogP contribution in [0.5, 0.6) is 0 Å². The number of sulfone groups is 1. The van der Waals surface area contributed by atoms with Crippen molar-refractivity contribution in [3.63, 3.8) is 0 Å². The number of ether oxygens (including phenoxy) is 1. The van der Waals surface area contributed by atoms with Crippen LogP contribution in [0.3, 0.4) is 0 Å². The second-order valence-electron chi connectivity index (χ2n) is 4.26. The van der Waals surface area contributed by atoms with Gasteiger partial charge in [0.25, 0.3) is 0 Å². The number of hydrogen-bond acceptors (Lipinski definition) is 5. The van der Waals surface area contributed by atoms with Gasteiger partial charge in [-0.1, -0.05) is 0 Å². The zero-order chi connectivity index (χ0) is 12.3. The minimum absolute atomic E-state index is 0.0751. The van der Waals surface area contributed by atoms with Crippen LogP contribution in [0.4, 0.5) is 0 Å². The first-order valence-corrected chi connectivity index (χ1v) is 7.51. The lowest BCUT2D eigenvalue weighted by Crippen LogP contribution is -2.21. The van der Waals surface area contributed by atoms with Crippen LogP contribution in [0.15, 0.2) is 16.5 Å². The minimum atomic E-state index is -3.17. The van der Waals surface area contributed by atoms with Crippen molar-refractivity contribution in [3.8, 4) is 0 Å². The van der Waals surface area contributed by atoms with E-state index in [-0.39, 0.29) is 24.2 Å². The third kappa shape index (κ3) is 3.55. The van der Waals surface area contributed by atoms with E-state index in [1.807, 2.05) is 0 Å². The molecule has 2 heterocycles. The van der Waals surface area contributed by atoms with Gasteiger partial charge in [0.2, 0.25) is 0 Å². The smallest absolute Gasteiger partial charge is 0.160 e. The summed E-state index contributed by atoms with van der Waals surface area (Å²) in [5.41, 5.74) is 5.40. The highest BCUT2D eigenvalue weighted by Crippen LogP contribution is 2.17. The lowest BCUT2D eigenvalue weighted by atomic mass is 10.3. The molecule has 1 aromatic rings. The van der Waals surface area contributed by atoms with Crippen molar-refractivity contribution in [1.82, 2.24) is 0 Å². The summed E-state index contributed by atoms with van der Waals surface area (Å²) in [4.78, 5) is 0. The van der Waals surface area contributed by atoms with E-state index in [4.69, 9.17) is 14.9 Å². The molecule has 5 nitrogen and oxygen atoms in total. The van der Waals surface area contributed by atoms with Crippen LogP contribution in [-0.4, -0.2) is 26.9 Å². The van der Waals surface area contributed by atoms with Gasteiger partial charge < -0.3 is 14.9 Å². The van der Waals surface area contributed by atoms with E-state index in [0.717, 1.165) is 12.8 Å². The van der Waals surface area contributed by atoms with Crippen molar-refractivity contribution < 1.29 is 17.6 Å². The molecule has 96 valence electrons. The molecule has 0 aromatic carbocycles. The summed E-state index contributed by atoms with van der Waals surface area (Å²) < 4.78 is 34.4. The van der Waals surface area contributed by atoms with Gasteiger partial charge in [0.1, 0.15) is 17.3 Å².